The van der Waals surface area contributed by atoms with Crippen LogP contribution in [-0.2, 0) is 16.8 Å². The fraction of sp³-hybridized carbons (Fsp3) is 0.290. The van der Waals surface area contributed by atoms with Crippen LogP contribution in [0.15, 0.2) is 97.3 Å². The summed E-state index contributed by atoms with van der Waals surface area (Å²) in [5, 5.41) is 0. The Morgan fingerprint density at radius 2 is 1.65 bits per heavy atom. The van der Waals surface area contributed by atoms with E-state index in [4.69, 9.17) is 10.5 Å². The molecular weight excluding hydrogens is 526 g/mol. The Labute approximate surface area is 229 Å². The predicted octanol–water partition coefficient (Wildman–Crippen LogP) is 1.96. The van der Waals surface area contributed by atoms with E-state index in [-0.39, 0.29) is 28.8 Å². The van der Waals surface area contributed by atoms with Crippen molar-refractivity contribution in [3.8, 4) is 5.75 Å². The van der Waals surface area contributed by atoms with Crippen LogP contribution < -0.4 is 32.0 Å². The highest BCUT2D eigenvalue weighted by Gasteiger charge is 2.51. The van der Waals surface area contributed by atoms with Crippen LogP contribution in [0.5, 0.6) is 5.75 Å². The van der Waals surface area contributed by atoms with Gasteiger partial charge in [-0.25, -0.2) is 9.13 Å². The molecule has 0 spiro atoms. The van der Waals surface area contributed by atoms with Crippen molar-refractivity contribution < 1.29 is 31.1 Å². The fourth-order valence-corrected chi connectivity index (χ4v) is 6.17. The van der Waals surface area contributed by atoms with Crippen molar-refractivity contribution in [2.75, 3.05) is 7.11 Å². The Balaban J connectivity index is 0.00000320. The molecule has 0 bridgehead atoms. The third-order valence-corrected chi connectivity index (χ3v) is 7.94. The molecule has 37 heavy (non-hydrogen) atoms. The van der Waals surface area contributed by atoms with Gasteiger partial charge in [-0.1, -0.05) is 72.8 Å². The molecule has 2 atom stereocenters. The van der Waals surface area contributed by atoms with Gasteiger partial charge in [0.2, 0.25) is 5.91 Å². The van der Waals surface area contributed by atoms with Crippen molar-refractivity contribution in [2.45, 2.75) is 44.2 Å². The second-order valence-electron chi connectivity index (χ2n) is 9.80. The number of benzene rings is 3. The molecule has 192 valence electrons. The second-order valence-corrected chi connectivity index (χ2v) is 9.80. The van der Waals surface area contributed by atoms with Crippen LogP contribution in [-0.4, -0.2) is 17.6 Å². The van der Waals surface area contributed by atoms with Crippen LogP contribution in [0.2, 0.25) is 0 Å². The quantitative estimate of drug-likeness (QED) is 0.335. The number of primary amides is 1. The monoisotopic (exact) mass is 559 g/mol. The fourth-order valence-electron chi connectivity index (χ4n) is 6.17. The highest BCUT2D eigenvalue weighted by Crippen LogP contribution is 2.49. The van der Waals surface area contributed by atoms with Crippen LogP contribution >= 0.6 is 0 Å². The van der Waals surface area contributed by atoms with Gasteiger partial charge >= 0.3 is 0 Å². The molecule has 1 saturated carbocycles. The topological polar surface area (TPSA) is 61.1 Å². The summed E-state index contributed by atoms with van der Waals surface area (Å²) in [4.78, 5) is 13.4. The minimum absolute atomic E-state index is 0. The van der Waals surface area contributed by atoms with Gasteiger partial charge in [-0.3, -0.25) is 4.79 Å². The predicted molar refractivity (Wildman–Crippen MR) is 141 cm³/mol. The minimum atomic E-state index is -0.852. The highest BCUT2D eigenvalue weighted by atomic mass is 79.9. The van der Waals surface area contributed by atoms with Gasteiger partial charge in [0.1, 0.15) is 36.1 Å². The van der Waals surface area contributed by atoms with Gasteiger partial charge in [-0.05, 0) is 54.0 Å². The molecule has 0 radical (unpaired) electrons. The van der Waals surface area contributed by atoms with Crippen LogP contribution in [0.1, 0.15) is 47.8 Å². The second kappa shape index (κ2) is 11.3. The van der Waals surface area contributed by atoms with Crippen LogP contribution in [0.25, 0.3) is 0 Å². The number of methoxy groups -OCH3 is 1. The number of carbonyl (C=O) groups is 1. The molecule has 1 amide bonds. The highest BCUT2D eigenvalue weighted by molar-refractivity contribution is 5.91. The van der Waals surface area contributed by atoms with Gasteiger partial charge in [-0.15, -0.1) is 0 Å². The molecule has 5 rings (SSSR count). The Hall–Kier alpha value is -3.38. The number of carbonyl (C=O) groups excluding carboxylic acids is 1. The number of halogens is 1. The molecule has 1 aromatic heterocycles. The number of hydrogen-bond donors (Lipinski definition) is 1. The number of hydrogen-bond acceptors (Lipinski definition) is 2. The maximum Gasteiger partial charge on any atom is 0.253 e. The largest absolute Gasteiger partial charge is 1.00 e. The molecule has 1 aliphatic carbocycles. The summed E-state index contributed by atoms with van der Waals surface area (Å²) in [6.45, 7) is 2.95. The van der Waals surface area contributed by atoms with Gasteiger partial charge in [0.15, 0.2) is 0 Å². The lowest BCUT2D eigenvalue weighted by atomic mass is 9.64. The number of aromatic nitrogens is 2. The zero-order chi connectivity index (χ0) is 25.1. The van der Waals surface area contributed by atoms with E-state index in [1.807, 2.05) is 72.8 Å². The summed E-state index contributed by atoms with van der Waals surface area (Å²) in [7, 11) is 1.70. The normalized spacial score (nSPS) is 17.2. The van der Waals surface area contributed by atoms with E-state index >= 15 is 0 Å². The zero-order valence-corrected chi connectivity index (χ0v) is 23.0. The molecule has 5 nitrogen and oxygen atoms in total. The molecule has 0 saturated heterocycles. The van der Waals surface area contributed by atoms with Gasteiger partial charge in [0, 0.05) is 6.92 Å². The zero-order valence-electron chi connectivity index (χ0n) is 21.4. The van der Waals surface area contributed by atoms with Crippen molar-refractivity contribution in [1.29, 1.82) is 0 Å². The van der Waals surface area contributed by atoms with E-state index in [1.165, 1.54) is 11.4 Å². The molecular formula is C31H34BrN3O2. The molecule has 1 fully saturated rings. The molecule has 0 aliphatic heterocycles. The van der Waals surface area contributed by atoms with Crippen molar-refractivity contribution in [3.05, 3.63) is 120 Å². The lowest BCUT2D eigenvalue weighted by molar-refractivity contribution is -0.694. The number of imidazole rings is 1. The number of nitrogens with zero attached hydrogens (tertiary/aromatic N) is 2. The SMILES string of the molecule is COc1cccc(C[n+]2ccn(C3CCC(C(C(N)=O)(c4ccccc4)c4ccccc4)C3)c2C)c1.[Br-]. The summed E-state index contributed by atoms with van der Waals surface area (Å²) in [6, 6.07) is 28.7. The maximum absolute atomic E-state index is 13.4. The van der Waals surface area contributed by atoms with E-state index in [0.717, 1.165) is 42.7 Å². The number of amides is 1. The van der Waals surface area contributed by atoms with Gasteiger partial charge < -0.3 is 27.5 Å². The average Bonchev–Trinajstić information content (AvgIpc) is 3.53. The van der Waals surface area contributed by atoms with Crippen molar-refractivity contribution in [2.24, 2.45) is 11.7 Å². The standard InChI is InChI=1S/C31H33N3O2.BrH/c1-23-33(22-24-10-9-15-29(20-24)36-2)18-19-34(23)28-17-16-27(21-28)31(30(32)35,25-11-5-3-6-12-25)26-13-7-4-8-14-26;/h3-15,18-20,27-28H,16-17,21-22H2,1-2H3,(H-,32,35);1H. The van der Waals surface area contributed by atoms with E-state index in [9.17, 15) is 4.79 Å². The smallest absolute Gasteiger partial charge is 0.253 e. The molecule has 2 unspecified atom stereocenters. The molecule has 6 heteroatoms. The van der Waals surface area contributed by atoms with E-state index in [0.29, 0.717) is 6.04 Å². The van der Waals surface area contributed by atoms with E-state index in [2.05, 4.69) is 40.6 Å². The molecule has 3 aromatic carbocycles. The first-order valence-electron chi connectivity index (χ1n) is 12.6. The summed E-state index contributed by atoms with van der Waals surface area (Å²) in [5.74, 6) is 1.90. The number of ether oxygens (including phenoxy) is 1. The van der Waals surface area contributed by atoms with Crippen molar-refractivity contribution >= 4 is 5.91 Å². The first-order chi connectivity index (χ1) is 17.5. The van der Waals surface area contributed by atoms with E-state index < -0.39 is 5.41 Å². The summed E-state index contributed by atoms with van der Waals surface area (Å²) < 4.78 is 10.0. The Bertz CT molecular complexity index is 1300. The Kier molecular flexibility index (Phi) is 8.18. The summed E-state index contributed by atoms with van der Waals surface area (Å²) in [5.41, 5.74) is 8.59. The minimum Gasteiger partial charge on any atom is -1.00 e. The molecule has 2 N–H and O–H groups in total. The first kappa shape index (κ1) is 26.7. The number of rotatable bonds is 8. The molecule has 4 aromatic rings. The summed E-state index contributed by atoms with van der Waals surface area (Å²) in [6.07, 6.45) is 7.16. The molecule has 1 aliphatic rings. The maximum atomic E-state index is 13.4. The number of nitrogens with two attached hydrogens (primary N) is 1. The van der Waals surface area contributed by atoms with Gasteiger partial charge in [-0.2, -0.15) is 0 Å². The van der Waals surface area contributed by atoms with Crippen molar-refractivity contribution in [1.82, 2.24) is 4.57 Å². The summed E-state index contributed by atoms with van der Waals surface area (Å²) >= 11 is 0. The average molecular weight is 561 g/mol. The lowest BCUT2D eigenvalue weighted by Gasteiger charge is -2.37. The van der Waals surface area contributed by atoms with Crippen LogP contribution in [0.3, 0.4) is 0 Å². The van der Waals surface area contributed by atoms with E-state index in [1.54, 1.807) is 7.11 Å². The van der Waals surface area contributed by atoms with Crippen molar-refractivity contribution in [3.63, 3.8) is 0 Å². The lowest BCUT2D eigenvalue weighted by Crippen LogP contribution is -3.00. The Morgan fingerprint density at radius 1 is 1.00 bits per heavy atom. The van der Waals surface area contributed by atoms with Crippen LogP contribution in [0.4, 0.5) is 0 Å². The first-order valence-corrected chi connectivity index (χ1v) is 12.6. The van der Waals surface area contributed by atoms with Gasteiger partial charge in [0.05, 0.1) is 7.11 Å². The molecule has 1 heterocycles. The Morgan fingerprint density at radius 3 is 2.24 bits per heavy atom. The van der Waals surface area contributed by atoms with Crippen LogP contribution in [0, 0.1) is 12.8 Å². The third-order valence-electron chi connectivity index (χ3n) is 7.94. The third kappa shape index (κ3) is 4.95. The van der Waals surface area contributed by atoms with Gasteiger partial charge in [0.25, 0.3) is 5.82 Å².